The molecule has 4 heterocycles. The minimum atomic E-state index is -0.939. The van der Waals surface area contributed by atoms with Crippen LogP contribution in [0.2, 0.25) is 0 Å². The van der Waals surface area contributed by atoms with Crippen molar-refractivity contribution in [1.29, 1.82) is 0 Å². The first-order chi connectivity index (χ1) is 11.5. The molecule has 3 fully saturated rings. The molecule has 2 aromatic rings. The van der Waals surface area contributed by atoms with E-state index in [-0.39, 0.29) is 11.2 Å². The number of hydrogen-bond donors (Lipinski definition) is 1. The predicted molar refractivity (Wildman–Crippen MR) is 92.9 cm³/mol. The molecule has 0 saturated carbocycles. The highest BCUT2D eigenvalue weighted by atomic mass is 32.1. The van der Waals surface area contributed by atoms with E-state index >= 15 is 0 Å². The Morgan fingerprint density at radius 2 is 1.96 bits per heavy atom. The van der Waals surface area contributed by atoms with Crippen LogP contribution in [0.1, 0.15) is 34.5 Å². The zero-order valence-electron chi connectivity index (χ0n) is 13.6. The van der Waals surface area contributed by atoms with Crippen LogP contribution in [-0.4, -0.2) is 46.2 Å². The number of aromatic carboxylic acids is 1. The molecule has 3 aliphatic rings. The van der Waals surface area contributed by atoms with Gasteiger partial charge in [-0.25, -0.2) is 9.78 Å². The number of carboxylic acid groups (broad SMARTS) is 1. The molecule has 6 heteroatoms. The van der Waals surface area contributed by atoms with Crippen LogP contribution in [0.4, 0.5) is 0 Å². The average Bonchev–Trinajstić information content (AvgIpc) is 3.02. The largest absolute Gasteiger partial charge is 0.487 e. The molecule has 0 amide bonds. The van der Waals surface area contributed by atoms with Crippen LogP contribution in [0.3, 0.4) is 0 Å². The number of ether oxygens (including phenoxy) is 1. The number of carbonyl (C=O) groups is 1. The second-order valence-electron chi connectivity index (χ2n) is 6.70. The lowest BCUT2D eigenvalue weighted by molar-refractivity contribution is -0.0511. The van der Waals surface area contributed by atoms with Gasteiger partial charge in [0.25, 0.3) is 0 Å². The topological polar surface area (TPSA) is 62.7 Å². The predicted octanol–water partition coefficient (Wildman–Crippen LogP) is 3.43. The average molecular weight is 344 g/mol. The fraction of sp³-hybridized carbons (Fsp3) is 0.444. The van der Waals surface area contributed by atoms with Crippen molar-refractivity contribution >= 4 is 17.3 Å². The van der Waals surface area contributed by atoms with Gasteiger partial charge in [0.1, 0.15) is 16.4 Å². The molecule has 0 unspecified atom stereocenters. The van der Waals surface area contributed by atoms with Crippen LogP contribution in [0, 0.1) is 6.92 Å². The highest BCUT2D eigenvalue weighted by Gasteiger charge is 2.41. The molecule has 0 radical (unpaired) electrons. The summed E-state index contributed by atoms with van der Waals surface area (Å²) in [6.45, 7) is 5.19. The van der Waals surface area contributed by atoms with Gasteiger partial charge in [-0.05, 0) is 44.4 Å². The number of nitrogens with zero attached hydrogens (tertiary/aromatic N) is 2. The Bertz CT molecular complexity index is 765. The fourth-order valence-electron chi connectivity index (χ4n) is 3.59. The van der Waals surface area contributed by atoms with Gasteiger partial charge in [-0.3, -0.25) is 0 Å². The van der Waals surface area contributed by atoms with Crippen molar-refractivity contribution in [3.05, 3.63) is 34.8 Å². The minimum Gasteiger partial charge on any atom is -0.487 e. The number of fused-ring (bicyclic) bond motifs is 3. The second kappa shape index (κ2) is 5.86. The molecule has 1 aromatic carbocycles. The van der Waals surface area contributed by atoms with Crippen LogP contribution < -0.4 is 4.74 Å². The van der Waals surface area contributed by atoms with E-state index in [4.69, 9.17) is 4.74 Å². The lowest BCUT2D eigenvalue weighted by Crippen LogP contribution is -2.55. The third-order valence-corrected chi connectivity index (χ3v) is 5.97. The Labute approximate surface area is 144 Å². The smallest absolute Gasteiger partial charge is 0.335 e. The van der Waals surface area contributed by atoms with Crippen LogP contribution in [0.15, 0.2) is 24.4 Å². The third-order valence-electron chi connectivity index (χ3n) is 5.01. The first-order valence-corrected chi connectivity index (χ1v) is 9.07. The van der Waals surface area contributed by atoms with Crippen molar-refractivity contribution in [2.45, 2.75) is 31.8 Å². The van der Waals surface area contributed by atoms with E-state index in [1.165, 1.54) is 0 Å². The van der Waals surface area contributed by atoms with Gasteiger partial charge in [0.15, 0.2) is 0 Å². The van der Waals surface area contributed by atoms with E-state index in [2.05, 4.69) is 9.88 Å². The number of piperidine rings is 3. The summed E-state index contributed by atoms with van der Waals surface area (Å²) in [6.07, 6.45) is 4.84. The number of aromatic nitrogens is 1. The van der Waals surface area contributed by atoms with Crippen molar-refractivity contribution in [2.24, 2.45) is 0 Å². The highest BCUT2D eigenvalue weighted by Crippen LogP contribution is 2.38. The summed E-state index contributed by atoms with van der Waals surface area (Å²) in [5.74, 6) is -0.293. The maximum atomic E-state index is 11.5. The van der Waals surface area contributed by atoms with Crippen molar-refractivity contribution < 1.29 is 14.6 Å². The van der Waals surface area contributed by atoms with Crippen LogP contribution in [0.25, 0.3) is 10.6 Å². The maximum Gasteiger partial charge on any atom is 0.335 e. The van der Waals surface area contributed by atoms with Crippen LogP contribution in [-0.2, 0) is 0 Å². The maximum absolute atomic E-state index is 11.5. The molecule has 0 aliphatic carbocycles. The Kier molecular flexibility index (Phi) is 3.81. The van der Waals surface area contributed by atoms with E-state index < -0.39 is 5.97 Å². The SMILES string of the molecule is Cc1cnc(-c2cc(OC34CCN(CC3)CC4)cc(C(=O)O)c2)s1. The molecule has 0 spiro atoms. The second-order valence-corrected chi connectivity index (χ2v) is 7.94. The third kappa shape index (κ3) is 2.91. The van der Waals surface area contributed by atoms with E-state index in [0.717, 1.165) is 54.3 Å². The monoisotopic (exact) mass is 344 g/mol. The number of rotatable bonds is 4. The molecule has 24 heavy (non-hydrogen) atoms. The summed E-state index contributed by atoms with van der Waals surface area (Å²) < 4.78 is 6.38. The molecule has 1 N–H and O–H groups in total. The Balaban J connectivity index is 1.69. The number of aryl methyl sites for hydroxylation is 1. The van der Waals surface area contributed by atoms with Crippen molar-refractivity contribution in [3.8, 4) is 16.3 Å². The quantitative estimate of drug-likeness (QED) is 0.920. The normalized spacial score (nSPS) is 25.6. The van der Waals surface area contributed by atoms with Gasteiger partial charge in [0.2, 0.25) is 0 Å². The molecule has 2 bridgehead atoms. The number of carboxylic acids is 1. The van der Waals surface area contributed by atoms with E-state index in [1.54, 1.807) is 23.5 Å². The van der Waals surface area contributed by atoms with Crippen LogP contribution in [0.5, 0.6) is 5.75 Å². The Hall–Kier alpha value is -1.92. The lowest BCUT2D eigenvalue weighted by Gasteiger charge is -2.48. The van der Waals surface area contributed by atoms with Crippen molar-refractivity contribution in [3.63, 3.8) is 0 Å². The van der Waals surface area contributed by atoms with Crippen molar-refractivity contribution in [2.75, 3.05) is 19.6 Å². The lowest BCUT2D eigenvalue weighted by atomic mass is 9.83. The molecule has 3 saturated heterocycles. The molecule has 5 rings (SSSR count). The molecular formula is C18H20N2O3S. The zero-order chi connectivity index (χ0) is 16.7. The first-order valence-electron chi connectivity index (χ1n) is 8.26. The number of benzene rings is 1. The molecule has 3 aliphatic heterocycles. The summed E-state index contributed by atoms with van der Waals surface area (Å²) >= 11 is 1.56. The fourth-order valence-corrected chi connectivity index (χ4v) is 4.34. The zero-order valence-corrected chi connectivity index (χ0v) is 14.4. The van der Waals surface area contributed by atoms with Gasteiger partial charge >= 0.3 is 5.97 Å². The van der Waals surface area contributed by atoms with E-state index in [9.17, 15) is 9.90 Å². The van der Waals surface area contributed by atoms with Crippen molar-refractivity contribution in [1.82, 2.24) is 9.88 Å². The van der Waals surface area contributed by atoms with Gasteiger partial charge < -0.3 is 14.7 Å². The summed E-state index contributed by atoms with van der Waals surface area (Å²) in [5, 5.41) is 10.3. The van der Waals surface area contributed by atoms with Gasteiger partial charge in [0, 0.05) is 36.3 Å². The Morgan fingerprint density at radius 3 is 2.54 bits per heavy atom. The first kappa shape index (κ1) is 15.6. The summed E-state index contributed by atoms with van der Waals surface area (Å²) in [5.41, 5.74) is 0.926. The highest BCUT2D eigenvalue weighted by molar-refractivity contribution is 7.14. The van der Waals surface area contributed by atoms with E-state index in [0.29, 0.717) is 5.75 Å². The van der Waals surface area contributed by atoms with Gasteiger partial charge in [0.05, 0.1) is 5.56 Å². The summed E-state index contributed by atoms with van der Waals surface area (Å²) in [6, 6.07) is 5.25. The summed E-state index contributed by atoms with van der Waals surface area (Å²) in [7, 11) is 0. The Morgan fingerprint density at radius 1 is 1.25 bits per heavy atom. The number of hydrogen-bond acceptors (Lipinski definition) is 5. The van der Waals surface area contributed by atoms with E-state index in [1.807, 2.05) is 19.2 Å². The molecule has 1 aromatic heterocycles. The molecular weight excluding hydrogens is 324 g/mol. The minimum absolute atomic E-state index is 0.137. The van der Waals surface area contributed by atoms with Crippen LogP contribution >= 0.6 is 11.3 Å². The van der Waals surface area contributed by atoms with Gasteiger partial charge in [-0.1, -0.05) is 0 Å². The number of thiazole rings is 1. The van der Waals surface area contributed by atoms with Gasteiger partial charge in [-0.15, -0.1) is 11.3 Å². The standard InChI is InChI=1S/C18H20N2O3S/c1-12-11-19-16(24-12)13-8-14(17(21)22)10-15(9-13)23-18-2-5-20(6-3-18)7-4-18/h8-11H,2-7H2,1H3,(H,21,22). The molecule has 0 atom stereocenters. The summed E-state index contributed by atoms with van der Waals surface area (Å²) in [4.78, 5) is 19.5. The van der Waals surface area contributed by atoms with Gasteiger partial charge in [-0.2, -0.15) is 0 Å². The molecule has 5 nitrogen and oxygen atoms in total. The molecule has 126 valence electrons.